The van der Waals surface area contributed by atoms with E-state index in [1.807, 2.05) is 45.0 Å². The largest absolute Gasteiger partial charge is 0.481 e. The standard InChI is InChI=1S/C18H24N4O3/c1-11(2)8-14(18(24)25)10-19-17(23)16-13(4)22(21-20-16)15-7-5-6-12(3)9-15/h5-7,9,11,14H,8,10H2,1-4H3,(H,19,23)(H,24,25). The Morgan fingerprint density at radius 3 is 2.60 bits per heavy atom. The Bertz CT molecular complexity index is 767. The second-order valence-electron chi connectivity index (χ2n) is 6.65. The van der Waals surface area contributed by atoms with Crippen molar-refractivity contribution >= 4 is 11.9 Å². The Balaban J connectivity index is 2.11. The van der Waals surface area contributed by atoms with Crippen molar-refractivity contribution in [3.8, 4) is 5.69 Å². The first-order chi connectivity index (χ1) is 11.8. The lowest BCUT2D eigenvalue weighted by Gasteiger charge is -2.15. The van der Waals surface area contributed by atoms with E-state index in [0.717, 1.165) is 11.3 Å². The van der Waals surface area contributed by atoms with Crippen LogP contribution >= 0.6 is 0 Å². The monoisotopic (exact) mass is 344 g/mol. The van der Waals surface area contributed by atoms with Gasteiger partial charge in [-0.25, -0.2) is 4.68 Å². The van der Waals surface area contributed by atoms with Crippen molar-refractivity contribution in [3.05, 3.63) is 41.2 Å². The second-order valence-corrected chi connectivity index (χ2v) is 6.65. The molecule has 1 unspecified atom stereocenters. The van der Waals surface area contributed by atoms with Gasteiger partial charge in [0, 0.05) is 6.54 Å². The number of carbonyl (C=O) groups is 2. The van der Waals surface area contributed by atoms with Gasteiger partial charge in [0.25, 0.3) is 5.91 Å². The van der Waals surface area contributed by atoms with Gasteiger partial charge in [-0.15, -0.1) is 5.10 Å². The van der Waals surface area contributed by atoms with Crippen molar-refractivity contribution in [2.75, 3.05) is 6.54 Å². The van der Waals surface area contributed by atoms with Crippen LogP contribution in [0, 0.1) is 25.7 Å². The molecule has 134 valence electrons. The van der Waals surface area contributed by atoms with Crippen molar-refractivity contribution in [1.29, 1.82) is 0 Å². The second kappa shape index (κ2) is 7.92. The summed E-state index contributed by atoms with van der Waals surface area (Å²) in [5, 5.41) is 19.9. The lowest BCUT2D eigenvalue weighted by atomic mass is 9.97. The molecule has 1 amide bonds. The van der Waals surface area contributed by atoms with Crippen LogP contribution in [0.3, 0.4) is 0 Å². The van der Waals surface area contributed by atoms with E-state index in [2.05, 4.69) is 15.6 Å². The fourth-order valence-electron chi connectivity index (χ4n) is 2.68. The number of hydrogen-bond acceptors (Lipinski definition) is 4. The van der Waals surface area contributed by atoms with Crippen LogP contribution in [0.4, 0.5) is 0 Å². The smallest absolute Gasteiger partial charge is 0.308 e. The number of rotatable bonds is 7. The molecule has 0 bridgehead atoms. The number of carboxylic acids is 1. The molecule has 25 heavy (non-hydrogen) atoms. The van der Waals surface area contributed by atoms with E-state index < -0.39 is 17.8 Å². The molecule has 2 aromatic rings. The highest BCUT2D eigenvalue weighted by Crippen LogP contribution is 2.14. The number of hydrogen-bond donors (Lipinski definition) is 2. The highest BCUT2D eigenvalue weighted by molar-refractivity contribution is 5.93. The first kappa shape index (κ1) is 18.6. The minimum absolute atomic E-state index is 0.0725. The zero-order chi connectivity index (χ0) is 18.6. The summed E-state index contributed by atoms with van der Waals surface area (Å²) >= 11 is 0. The summed E-state index contributed by atoms with van der Waals surface area (Å²) in [6.07, 6.45) is 0.505. The topological polar surface area (TPSA) is 97.1 Å². The van der Waals surface area contributed by atoms with Gasteiger partial charge in [-0.2, -0.15) is 0 Å². The molecular formula is C18H24N4O3. The van der Waals surface area contributed by atoms with E-state index >= 15 is 0 Å². The zero-order valence-corrected chi connectivity index (χ0v) is 15.0. The highest BCUT2D eigenvalue weighted by atomic mass is 16.4. The summed E-state index contributed by atoms with van der Waals surface area (Å²) in [5.41, 5.74) is 2.72. The van der Waals surface area contributed by atoms with E-state index in [1.165, 1.54) is 0 Å². The van der Waals surface area contributed by atoms with Gasteiger partial charge < -0.3 is 10.4 Å². The van der Waals surface area contributed by atoms with Gasteiger partial charge in [0.15, 0.2) is 5.69 Å². The Morgan fingerprint density at radius 2 is 2.00 bits per heavy atom. The Kier molecular flexibility index (Phi) is 5.90. The minimum atomic E-state index is -0.908. The Morgan fingerprint density at radius 1 is 1.28 bits per heavy atom. The third kappa shape index (κ3) is 4.65. The van der Waals surface area contributed by atoms with Crippen LogP contribution in [-0.2, 0) is 4.79 Å². The average molecular weight is 344 g/mol. The number of amides is 1. The number of aromatic nitrogens is 3. The van der Waals surface area contributed by atoms with E-state index in [4.69, 9.17) is 0 Å². The third-order valence-electron chi connectivity index (χ3n) is 3.97. The summed E-state index contributed by atoms with van der Waals surface area (Å²) < 4.78 is 1.60. The first-order valence-electron chi connectivity index (χ1n) is 8.30. The number of aliphatic carboxylic acids is 1. The maximum Gasteiger partial charge on any atom is 0.308 e. The molecule has 0 saturated carbocycles. The SMILES string of the molecule is Cc1cccc(-n2nnc(C(=O)NCC(CC(C)C)C(=O)O)c2C)c1. The molecule has 0 saturated heterocycles. The summed E-state index contributed by atoms with van der Waals surface area (Å²) in [6, 6.07) is 7.73. The molecule has 0 aliphatic carbocycles. The van der Waals surface area contributed by atoms with Crippen LogP contribution in [0.15, 0.2) is 24.3 Å². The molecule has 0 fully saturated rings. The van der Waals surface area contributed by atoms with Crippen LogP contribution < -0.4 is 5.32 Å². The van der Waals surface area contributed by atoms with Crippen LogP contribution in [0.5, 0.6) is 0 Å². The molecule has 7 heteroatoms. The number of carbonyl (C=O) groups excluding carboxylic acids is 1. The predicted octanol–water partition coefficient (Wildman–Crippen LogP) is 2.36. The summed E-state index contributed by atoms with van der Waals surface area (Å²) in [5.74, 6) is -1.70. The lowest BCUT2D eigenvalue weighted by Crippen LogP contribution is -2.34. The van der Waals surface area contributed by atoms with Crippen molar-refractivity contribution in [2.24, 2.45) is 11.8 Å². The van der Waals surface area contributed by atoms with Gasteiger partial charge in [-0.3, -0.25) is 9.59 Å². The number of benzene rings is 1. The van der Waals surface area contributed by atoms with Gasteiger partial charge in [-0.1, -0.05) is 31.2 Å². The summed E-state index contributed by atoms with van der Waals surface area (Å²) in [4.78, 5) is 23.7. The van der Waals surface area contributed by atoms with Gasteiger partial charge in [0.2, 0.25) is 0 Å². The molecule has 1 atom stereocenters. The Labute approximate surface area is 147 Å². The normalized spacial score (nSPS) is 12.2. The van der Waals surface area contributed by atoms with Gasteiger partial charge in [0.05, 0.1) is 17.3 Å². The van der Waals surface area contributed by atoms with Crippen LogP contribution in [0.2, 0.25) is 0 Å². The van der Waals surface area contributed by atoms with Gasteiger partial charge in [0.1, 0.15) is 0 Å². The van der Waals surface area contributed by atoms with Crippen LogP contribution in [0.1, 0.15) is 42.0 Å². The zero-order valence-electron chi connectivity index (χ0n) is 15.0. The summed E-state index contributed by atoms with van der Waals surface area (Å²) in [6.45, 7) is 7.72. The molecule has 1 aromatic carbocycles. The van der Waals surface area contributed by atoms with Crippen LogP contribution in [0.25, 0.3) is 5.69 Å². The van der Waals surface area contributed by atoms with E-state index in [1.54, 1.807) is 11.6 Å². The van der Waals surface area contributed by atoms with Crippen molar-refractivity contribution in [2.45, 2.75) is 34.1 Å². The quantitative estimate of drug-likeness (QED) is 0.803. The van der Waals surface area contributed by atoms with Gasteiger partial charge >= 0.3 is 5.97 Å². The third-order valence-corrected chi connectivity index (χ3v) is 3.97. The molecule has 0 aliphatic heterocycles. The molecule has 7 nitrogen and oxygen atoms in total. The molecular weight excluding hydrogens is 320 g/mol. The fraction of sp³-hybridized carbons (Fsp3) is 0.444. The molecule has 0 aliphatic rings. The van der Waals surface area contributed by atoms with Crippen molar-refractivity contribution in [3.63, 3.8) is 0 Å². The first-order valence-corrected chi connectivity index (χ1v) is 8.30. The number of aryl methyl sites for hydroxylation is 1. The molecule has 0 radical (unpaired) electrons. The number of nitrogens with one attached hydrogen (secondary N) is 1. The van der Waals surface area contributed by atoms with Crippen LogP contribution in [-0.4, -0.2) is 38.5 Å². The molecule has 2 N–H and O–H groups in total. The van der Waals surface area contributed by atoms with E-state index in [9.17, 15) is 14.7 Å². The van der Waals surface area contributed by atoms with Crippen molar-refractivity contribution < 1.29 is 14.7 Å². The van der Waals surface area contributed by atoms with E-state index in [-0.39, 0.29) is 18.2 Å². The fourth-order valence-corrected chi connectivity index (χ4v) is 2.68. The average Bonchev–Trinajstić information content (AvgIpc) is 2.92. The van der Waals surface area contributed by atoms with Crippen molar-refractivity contribution in [1.82, 2.24) is 20.3 Å². The minimum Gasteiger partial charge on any atom is -0.481 e. The number of carboxylic acid groups (broad SMARTS) is 1. The maximum atomic E-state index is 12.4. The Hall–Kier alpha value is -2.70. The maximum absolute atomic E-state index is 12.4. The predicted molar refractivity (Wildman–Crippen MR) is 93.7 cm³/mol. The molecule has 2 rings (SSSR count). The summed E-state index contributed by atoms with van der Waals surface area (Å²) in [7, 11) is 0. The molecule has 0 spiro atoms. The molecule has 1 aromatic heterocycles. The number of nitrogens with zero attached hydrogens (tertiary/aromatic N) is 3. The lowest BCUT2D eigenvalue weighted by molar-refractivity contribution is -0.142. The molecule has 1 heterocycles. The van der Waals surface area contributed by atoms with E-state index in [0.29, 0.717) is 12.1 Å². The van der Waals surface area contributed by atoms with Gasteiger partial charge in [-0.05, 0) is 43.9 Å². The highest BCUT2D eigenvalue weighted by Gasteiger charge is 2.22.